The molecule has 2 saturated heterocycles. The van der Waals surface area contributed by atoms with Crippen molar-refractivity contribution >= 4 is 34.6 Å². The lowest BCUT2D eigenvalue weighted by atomic mass is 9.73. The number of carbonyl (C=O) groups is 4. The number of rotatable bonds is 12. The molecule has 0 bridgehead atoms. The summed E-state index contributed by atoms with van der Waals surface area (Å²) in [6, 6.07) is 19.7. The molecule has 5 N–H and O–H groups in total. The van der Waals surface area contributed by atoms with Gasteiger partial charge in [-0.3, -0.25) is 14.9 Å². The molecule has 3 amide bonds. The Morgan fingerprint density at radius 1 is 0.726 bits per heavy atom. The van der Waals surface area contributed by atoms with E-state index in [1.807, 2.05) is 11.1 Å². The number of hydrogen-bond acceptors (Lipinski definition) is 9. The number of methoxy groups -OCH3 is 2. The molecule has 14 nitrogen and oxygen atoms in total. The van der Waals surface area contributed by atoms with Crippen LogP contribution in [0.4, 0.5) is 9.59 Å². The number of ketones is 1. The van der Waals surface area contributed by atoms with Gasteiger partial charge in [0.2, 0.25) is 5.91 Å². The Hall–Kier alpha value is -6.02. The number of benzene rings is 3. The second kappa shape index (κ2) is 17.0. The zero-order valence-corrected chi connectivity index (χ0v) is 35.8. The minimum Gasteiger partial charge on any atom is -0.453 e. The minimum atomic E-state index is -1.04. The van der Waals surface area contributed by atoms with Gasteiger partial charge >= 0.3 is 12.2 Å². The summed E-state index contributed by atoms with van der Waals surface area (Å²) in [6.45, 7) is 5.54. The largest absolute Gasteiger partial charge is 0.453 e. The van der Waals surface area contributed by atoms with Gasteiger partial charge < -0.3 is 35.0 Å². The van der Waals surface area contributed by atoms with Crippen LogP contribution in [0.15, 0.2) is 73.1 Å². The maximum atomic E-state index is 14.4. The third-order valence-corrected chi connectivity index (χ3v) is 13.9. The lowest BCUT2D eigenvalue weighted by Gasteiger charge is -2.38. The number of aromatic nitrogens is 4. The molecule has 4 fully saturated rings. The predicted octanol–water partition coefficient (Wildman–Crippen LogP) is 7.64. The van der Waals surface area contributed by atoms with E-state index >= 15 is 0 Å². The van der Waals surface area contributed by atoms with E-state index in [0.717, 1.165) is 95.2 Å². The van der Waals surface area contributed by atoms with E-state index in [0.29, 0.717) is 31.3 Å². The van der Waals surface area contributed by atoms with Gasteiger partial charge in [-0.15, -0.1) is 0 Å². The van der Waals surface area contributed by atoms with Gasteiger partial charge in [0.05, 0.1) is 50.1 Å². The number of aromatic amines is 2. The zero-order valence-electron chi connectivity index (χ0n) is 35.8. The Labute approximate surface area is 361 Å². The first-order valence-electron chi connectivity index (χ1n) is 22.1. The van der Waals surface area contributed by atoms with Crippen LogP contribution in [0.1, 0.15) is 82.9 Å². The van der Waals surface area contributed by atoms with E-state index in [2.05, 4.69) is 100 Å². The summed E-state index contributed by atoms with van der Waals surface area (Å²) in [5.74, 6) is 1.90. The summed E-state index contributed by atoms with van der Waals surface area (Å²) in [5, 5.41) is 11.3. The van der Waals surface area contributed by atoms with Gasteiger partial charge in [0.25, 0.3) is 0 Å². The first-order chi connectivity index (χ1) is 30.0. The second-order valence-corrected chi connectivity index (χ2v) is 18.1. The number of nitrogens with one attached hydrogen (secondary N) is 5. The topological polar surface area (TPSA) is 183 Å². The molecule has 2 aromatic heterocycles. The van der Waals surface area contributed by atoms with Crippen molar-refractivity contribution in [1.82, 2.24) is 40.8 Å². The summed E-state index contributed by atoms with van der Waals surface area (Å²) in [5.41, 5.74) is 4.76. The first kappa shape index (κ1) is 41.3. The molecule has 3 aromatic carbocycles. The summed E-state index contributed by atoms with van der Waals surface area (Å²) in [4.78, 5) is 71.3. The van der Waals surface area contributed by atoms with E-state index in [9.17, 15) is 19.2 Å². The number of hydrogen-bond donors (Lipinski definition) is 5. The van der Waals surface area contributed by atoms with Crippen molar-refractivity contribution in [3.8, 4) is 33.6 Å². The number of imidazole rings is 2. The number of H-pyrrole nitrogens is 2. The van der Waals surface area contributed by atoms with Crippen LogP contribution in [-0.4, -0.2) is 88.1 Å². The van der Waals surface area contributed by atoms with E-state index in [1.165, 1.54) is 14.2 Å². The van der Waals surface area contributed by atoms with Crippen molar-refractivity contribution in [2.24, 2.45) is 23.7 Å². The summed E-state index contributed by atoms with van der Waals surface area (Å²) < 4.78 is 9.76. The van der Waals surface area contributed by atoms with Crippen LogP contribution in [-0.2, 0) is 24.6 Å². The Kier molecular flexibility index (Phi) is 11.4. The van der Waals surface area contributed by atoms with Crippen LogP contribution >= 0.6 is 0 Å². The molecule has 2 aliphatic heterocycles. The average Bonchev–Trinajstić information content (AvgIpc) is 4.08. The SMILES string of the molecule is COC(=O)N[C@H](C(=O)N1C[C@@H](C)C[C@H]1c1ncc(-c2ccc(-c3ccc4cc(-c5cnc([C@]6(C(=O)[C@@H](NC(=O)OC)C7CCC7)C[C@H](C)CN6)[nH]5)ccc4c3)cc2)[nH]1)C1CCC1. The average molecular weight is 841 g/mol. The molecule has 324 valence electrons. The molecule has 4 aliphatic rings. The third kappa shape index (κ3) is 7.84. The van der Waals surface area contributed by atoms with Crippen molar-refractivity contribution in [3.05, 3.63) is 84.7 Å². The number of fused-ring (bicyclic) bond motifs is 1. The molecular weight excluding hydrogens is 785 g/mol. The Bertz CT molecular complexity index is 2470. The van der Waals surface area contributed by atoms with Gasteiger partial charge in [0, 0.05) is 12.1 Å². The summed E-state index contributed by atoms with van der Waals surface area (Å²) in [7, 11) is 2.64. The molecule has 0 spiro atoms. The molecule has 62 heavy (non-hydrogen) atoms. The molecule has 4 heterocycles. The number of ether oxygens (including phenoxy) is 2. The normalized spacial score (nSPS) is 23.6. The van der Waals surface area contributed by atoms with Crippen molar-refractivity contribution in [2.75, 3.05) is 27.3 Å². The van der Waals surface area contributed by atoms with E-state index in [-0.39, 0.29) is 35.5 Å². The highest BCUT2D eigenvalue weighted by atomic mass is 16.5. The summed E-state index contributed by atoms with van der Waals surface area (Å²) >= 11 is 0. The number of likely N-dealkylation sites (tertiary alicyclic amines) is 1. The molecule has 2 aliphatic carbocycles. The zero-order chi connectivity index (χ0) is 43.1. The highest BCUT2D eigenvalue weighted by Crippen LogP contribution is 2.41. The lowest BCUT2D eigenvalue weighted by Crippen LogP contribution is -2.58. The standard InChI is InChI=1S/C48H56N8O6/c1-27-19-39(56(26-27)44(58)41(32-9-6-10-32)55-47(60)62-4)43-49-24-37(52-43)30-13-11-29(12-14-30)33-15-16-35-21-36(18-17-34(35)20-33)38-25-50-45(53-38)48(22-28(2)23-51-48)42(57)40(31-7-5-8-31)54-46(59)61-3/h11-18,20-21,24-25,27-28,31-32,39-41,51H,5-10,19,22-23,26H2,1-4H3,(H,49,52)(H,50,53)(H,54,59)(H,55,60)/t27-,28-,39-,40-,41-,48+/m0/s1. The fourth-order valence-electron chi connectivity index (χ4n) is 9.96. The maximum Gasteiger partial charge on any atom is 0.407 e. The van der Waals surface area contributed by atoms with Crippen LogP contribution in [0.3, 0.4) is 0 Å². The van der Waals surface area contributed by atoms with Gasteiger partial charge in [-0.1, -0.05) is 75.2 Å². The number of alkyl carbamates (subject to hydrolysis) is 2. The number of Topliss-reactive ketones (excluding diaryl/α,β-unsaturated/α-hetero) is 1. The molecule has 0 radical (unpaired) electrons. The molecule has 6 atom stereocenters. The van der Waals surface area contributed by atoms with Crippen molar-refractivity contribution < 1.29 is 28.7 Å². The van der Waals surface area contributed by atoms with Gasteiger partial charge in [-0.25, -0.2) is 19.6 Å². The fraction of sp³-hybridized carbons (Fsp3) is 0.458. The van der Waals surface area contributed by atoms with Crippen LogP contribution < -0.4 is 16.0 Å². The molecule has 14 heteroatoms. The van der Waals surface area contributed by atoms with Crippen molar-refractivity contribution in [1.29, 1.82) is 0 Å². The monoisotopic (exact) mass is 840 g/mol. The quantitative estimate of drug-likeness (QED) is 0.0843. The van der Waals surface area contributed by atoms with E-state index < -0.39 is 29.8 Å². The molecule has 0 unspecified atom stereocenters. The van der Waals surface area contributed by atoms with Gasteiger partial charge in [0.15, 0.2) is 5.78 Å². The van der Waals surface area contributed by atoms with E-state index in [1.54, 1.807) is 6.20 Å². The maximum absolute atomic E-state index is 14.4. The second-order valence-electron chi connectivity index (χ2n) is 18.1. The number of nitrogens with zero attached hydrogens (tertiary/aromatic N) is 3. The van der Waals surface area contributed by atoms with Gasteiger partial charge in [-0.05, 0) is 108 Å². The van der Waals surface area contributed by atoms with Crippen molar-refractivity contribution in [2.45, 2.75) is 88.9 Å². The Morgan fingerprint density at radius 2 is 1.31 bits per heavy atom. The van der Waals surface area contributed by atoms with Crippen molar-refractivity contribution in [3.63, 3.8) is 0 Å². The molecular formula is C48H56N8O6. The highest BCUT2D eigenvalue weighted by molar-refractivity contribution is 5.96. The van der Waals surface area contributed by atoms with Crippen LogP contribution in [0, 0.1) is 23.7 Å². The Balaban J connectivity index is 0.900. The van der Waals surface area contributed by atoms with Gasteiger partial charge in [0.1, 0.15) is 23.2 Å². The Morgan fingerprint density at radius 3 is 1.94 bits per heavy atom. The fourth-order valence-corrected chi connectivity index (χ4v) is 9.96. The first-order valence-corrected chi connectivity index (χ1v) is 22.1. The van der Waals surface area contributed by atoms with Gasteiger partial charge in [-0.2, -0.15) is 0 Å². The molecule has 9 rings (SSSR count). The van der Waals surface area contributed by atoms with Crippen LogP contribution in [0.5, 0.6) is 0 Å². The predicted molar refractivity (Wildman–Crippen MR) is 235 cm³/mol. The molecule has 2 saturated carbocycles. The number of amides is 3. The van der Waals surface area contributed by atoms with Crippen LogP contribution in [0.2, 0.25) is 0 Å². The third-order valence-electron chi connectivity index (χ3n) is 13.9. The number of carbonyl (C=O) groups excluding carboxylic acids is 4. The summed E-state index contributed by atoms with van der Waals surface area (Å²) in [6.07, 6.45) is 9.50. The minimum absolute atomic E-state index is 0.0728. The smallest absolute Gasteiger partial charge is 0.407 e. The highest BCUT2D eigenvalue weighted by Gasteiger charge is 2.52. The van der Waals surface area contributed by atoms with E-state index in [4.69, 9.17) is 19.4 Å². The lowest BCUT2D eigenvalue weighted by molar-refractivity contribution is -0.137. The van der Waals surface area contributed by atoms with Crippen LogP contribution in [0.25, 0.3) is 44.4 Å². The molecule has 5 aromatic rings.